The first kappa shape index (κ1) is 22.6. The van der Waals surface area contributed by atoms with E-state index in [9.17, 15) is 30.8 Å². The summed E-state index contributed by atoms with van der Waals surface area (Å²) in [7, 11) is -6.12. The van der Waals surface area contributed by atoms with Crippen LogP contribution in [-0.2, 0) is 21.5 Å². The number of rotatable bonds is 10. The maximum Gasteiger partial charge on any atom is 0.534 e. The highest BCUT2D eigenvalue weighted by Crippen LogP contribution is 2.37. The van der Waals surface area contributed by atoms with E-state index in [1.165, 1.54) is 0 Å². The van der Waals surface area contributed by atoms with Gasteiger partial charge in [0.15, 0.2) is 23.6 Å². The second kappa shape index (κ2) is 9.70. The lowest BCUT2D eigenvalue weighted by atomic mass is 10.2. The Hall–Kier alpha value is -2.66. The van der Waals surface area contributed by atoms with E-state index in [0.717, 1.165) is 17.7 Å². The SMILES string of the molecule is O=Cc1ccc(F)c(OCCCOCc2ccccc2)c1OS(=O)(=O)C(F)(F)F. The molecule has 0 radical (unpaired) electrons. The van der Waals surface area contributed by atoms with E-state index < -0.39 is 38.5 Å². The van der Waals surface area contributed by atoms with Crippen LogP contribution in [-0.4, -0.2) is 33.4 Å². The van der Waals surface area contributed by atoms with Crippen molar-refractivity contribution < 1.29 is 44.4 Å². The molecule has 0 bridgehead atoms. The van der Waals surface area contributed by atoms with Gasteiger partial charge in [-0.25, -0.2) is 4.39 Å². The topological polar surface area (TPSA) is 78.9 Å². The maximum absolute atomic E-state index is 14.0. The van der Waals surface area contributed by atoms with E-state index in [0.29, 0.717) is 6.61 Å². The van der Waals surface area contributed by atoms with Gasteiger partial charge in [0, 0.05) is 6.42 Å². The normalized spacial score (nSPS) is 11.9. The van der Waals surface area contributed by atoms with Gasteiger partial charge >= 0.3 is 15.6 Å². The molecule has 158 valence electrons. The summed E-state index contributed by atoms with van der Waals surface area (Å²) < 4.78 is 88.6. The molecule has 29 heavy (non-hydrogen) atoms. The molecule has 11 heteroatoms. The summed E-state index contributed by atoms with van der Waals surface area (Å²) in [6.45, 7) is 0.269. The largest absolute Gasteiger partial charge is 0.534 e. The molecular weight excluding hydrogens is 420 g/mol. The number of alkyl halides is 3. The molecule has 0 amide bonds. The van der Waals surface area contributed by atoms with E-state index in [1.807, 2.05) is 30.3 Å². The standard InChI is InChI=1S/C18H16F4O6S/c19-15-8-7-14(11-23)16(28-29(24,25)18(20,21)22)17(15)27-10-4-9-26-12-13-5-2-1-3-6-13/h1-3,5-8,11H,4,9-10,12H2. The van der Waals surface area contributed by atoms with Gasteiger partial charge in [-0.3, -0.25) is 4.79 Å². The molecule has 0 N–H and O–H groups in total. The second-order valence-electron chi connectivity index (χ2n) is 5.64. The smallest absolute Gasteiger partial charge is 0.487 e. The first-order valence-corrected chi connectivity index (χ1v) is 9.59. The van der Waals surface area contributed by atoms with Crippen LogP contribution in [0.15, 0.2) is 42.5 Å². The van der Waals surface area contributed by atoms with Crippen LogP contribution in [0.2, 0.25) is 0 Å². The third-order valence-electron chi connectivity index (χ3n) is 3.49. The quantitative estimate of drug-likeness (QED) is 0.185. The highest BCUT2D eigenvalue weighted by Gasteiger charge is 2.49. The number of hydrogen-bond donors (Lipinski definition) is 0. The van der Waals surface area contributed by atoms with Crippen molar-refractivity contribution in [3.8, 4) is 11.5 Å². The number of carbonyl (C=O) groups excluding carboxylic acids is 1. The highest BCUT2D eigenvalue weighted by molar-refractivity contribution is 7.88. The molecule has 0 unspecified atom stereocenters. The van der Waals surface area contributed by atoms with E-state index in [1.54, 1.807) is 0 Å². The molecule has 2 aromatic rings. The van der Waals surface area contributed by atoms with Crippen molar-refractivity contribution in [3.63, 3.8) is 0 Å². The van der Waals surface area contributed by atoms with Crippen molar-refractivity contribution in [1.29, 1.82) is 0 Å². The van der Waals surface area contributed by atoms with Crippen LogP contribution in [0.25, 0.3) is 0 Å². The van der Waals surface area contributed by atoms with Crippen LogP contribution in [0.4, 0.5) is 17.6 Å². The summed E-state index contributed by atoms with van der Waals surface area (Å²) in [5.74, 6) is -3.26. The summed E-state index contributed by atoms with van der Waals surface area (Å²) in [6.07, 6.45) is 0.236. The van der Waals surface area contributed by atoms with Gasteiger partial charge in [0.05, 0.1) is 25.4 Å². The first-order chi connectivity index (χ1) is 13.7. The van der Waals surface area contributed by atoms with Crippen LogP contribution < -0.4 is 8.92 Å². The van der Waals surface area contributed by atoms with E-state index in [4.69, 9.17) is 9.47 Å². The first-order valence-electron chi connectivity index (χ1n) is 8.18. The van der Waals surface area contributed by atoms with Gasteiger partial charge in [0.2, 0.25) is 0 Å². The fraction of sp³-hybridized carbons (Fsp3) is 0.278. The monoisotopic (exact) mass is 436 g/mol. The third kappa shape index (κ3) is 6.16. The summed E-state index contributed by atoms with van der Waals surface area (Å²) in [4.78, 5) is 11.0. The van der Waals surface area contributed by atoms with Crippen molar-refractivity contribution in [1.82, 2.24) is 0 Å². The summed E-state index contributed by atoms with van der Waals surface area (Å²) in [5, 5.41) is 0. The Labute approximate surface area is 164 Å². The number of benzene rings is 2. The summed E-state index contributed by atoms with van der Waals surface area (Å²) >= 11 is 0. The van der Waals surface area contributed by atoms with Crippen molar-refractivity contribution >= 4 is 16.4 Å². The van der Waals surface area contributed by atoms with Crippen molar-refractivity contribution in [2.75, 3.05) is 13.2 Å². The predicted octanol–water partition coefficient (Wildman–Crippen LogP) is 3.85. The van der Waals surface area contributed by atoms with Gasteiger partial charge in [-0.15, -0.1) is 0 Å². The van der Waals surface area contributed by atoms with E-state index in [-0.39, 0.29) is 25.9 Å². The lowest BCUT2D eigenvalue weighted by Gasteiger charge is -2.16. The van der Waals surface area contributed by atoms with Gasteiger partial charge in [-0.2, -0.15) is 21.6 Å². The molecule has 0 aliphatic heterocycles. The zero-order valence-electron chi connectivity index (χ0n) is 14.8. The minimum Gasteiger partial charge on any atom is -0.487 e. The lowest BCUT2D eigenvalue weighted by Crippen LogP contribution is -2.28. The Morgan fingerprint density at radius 2 is 1.66 bits per heavy atom. The molecule has 0 saturated heterocycles. The fourth-order valence-corrected chi connectivity index (χ4v) is 2.61. The molecule has 0 saturated carbocycles. The zero-order chi connectivity index (χ0) is 21.5. The Kier molecular flexibility index (Phi) is 7.57. The molecule has 0 aliphatic carbocycles. The Morgan fingerprint density at radius 1 is 0.966 bits per heavy atom. The van der Waals surface area contributed by atoms with Crippen molar-refractivity contribution in [2.45, 2.75) is 18.5 Å². The predicted molar refractivity (Wildman–Crippen MR) is 93.6 cm³/mol. The molecule has 2 aromatic carbocycles. The van der Waals surface area contributed by atoms with Gasteiger partial charge in [-0.1, -0.05) is 30.3 Å². The number of ether oxygens (including phenoxy) is 2. The lowest BCUT2D eigenvalue weighted by molar-refractivity contribution is -0.0501. The fourth-order valence-electron chi connectivity index (χ4n) is 2.12. The maximum atomic E-state index is 14.0. The van der Waals surface area contributed by atoms with Crippen molar-refractivity contribution in [3.05, 3.63) is 59.4 Å². The molecule has 0 aromatic heterocycles. The Balaban J connectivity index is 2.03. The zero-order valence-corrected chi connectivity index (χ0v) is 15.6. The second-order valence-corrected chi connectivity index (χ2v) is 7.17. The van der Waals surface area contributed by atoms with E-state index in [2.05, 4.69) is 4.18 Å². The van der Waals surface area contributed by atoms with E-state index >= 15 is 0 Å². The van der Waals surface area contributed by atoms with Gasteiger partial charge in [0.1, 0.15) is 0 Å². The van der Waals surface area contributed by atoms with Crippen LogP contribution in [0.5, 0.6) is 11.5 Å². The molecule has 0 aliphatic rings. The molecular formula is C18H16F4O6S. The van der Waals surface area contributed by atoms with Crippen LogP contribution in [0.1, 0.15) is 22.3 Å². The Bertz CT molecular complexity index is 929. The summed E-state index contributed by atoms with van der Waals surface area (Å²) in [6, 6.07) is 10.7. The molecule has 0 spiro atoms. The number of halogens is 4. The average molecular weight is 436 g/mol. The number of aldehydes is 1. The molecule has 0 heterocycles. The number of carbonyl (C=O) groups is 1. The molecule has 0 fully saturated rings. The average Bonchev–Trinajstić information content (AvgIpc) is 2.66. The minimum absolute atomic E-state index is 0.0243. The van der Waals surface area contributed by atoms with Crippen LogP contribution in [0.3, 0.4) is 0 Å². The highest BCUT2D eigenvalue weighted by atomic mass is 32.2. The van der Waals surface area contributed by atoms with Gasteiger partial charge in [-0.05, 0) is 17.7 Å². The van der Waals surface area contributed by atoms with Crippen LogP contribution >= 0.6 is 0 Å². The summed E-state index contributed by atoms with van der Waals surface area (Å²) in [5.41, 5.74) is -5.46. The minimum atomic E-state index is -6.12. The number of hydrogen-bond acceptors (Lipinski definition) is 6. The molecule has 2 rings (SSSR count). The Morgan fingerprint density at radius 3 is 2.28 bits per heavy atom. The van der Waals surface area contributed by atoms with Gasteiger partial charge in [0.25, 0.3) is 0 Å². The third-order valence-corrected chi connectivity index (χ3v) is 4.44. The molecule has 0 atom stereocenters. The molecule has 6 nitrogen and oxygen atoms in total. The van der Waals surface area contributed by atoms with Gasteiger partial charge < -0.3 is 13.7 Å². The van der Waals surface area contributed by atoms with Crippen LogP contribution in [0, 0.1) is 5.82 Å². The van der Waals surface area contributed by atoms with Crippen molar-refractivity contribution in [2.24, 2.45) is 0 Å².